The van der Waals surface area contributed by atoms with Gasteiger partial charge in [0.05, 0.1) is 0 Å². The molecule has 2 nitrogen and oxygen atoms in total. The van der Waals surface area contributed by atoms with Gasteiger partial charge in [0.2, 0.25) is 0 Å². The van der Waals surface area contributed by atoms with E-state index in [-0.39, 0.29) is 0 Å². The normalized spacial score (nSPS) is 12.5. The van der Waals surface area contributed by atoms with E-state index in [9.17, 15) is 4.79 Å². The Morgan fingerprint density at radius 2 is 1.92 bits per heavy atom. The van der Waals surface area contributed by atoms with Crippen molar-refractivity contribution >= 4 is 30.2 Å². The number of halogens is 1. The van der Waals surface area contributed by atoms with Crippen LogP contribution >= 0.6 is 24.2 Å². The third-order valence-electron chi connectivity index (χ3n) is 1.42. The van der Waals surface area contributed by atoms with Crippen LogP contribution in [0.1, 0.15) is 10.8 Å². The van der Waals surface area contributed by atoms with Gasteiger partial charge in [0.15, 0.2) is 0 Å². The number of hydrogen-bond donors (Lipinski definition) is 2. The average Bonchev–Trinajstić information content (AvgIpc) is 2.04. The lowest BCUT2D eigenvalue weighted by molar-refractivity contribution is -0.136. The summed E-state index contributed by atoms with van der Waals surface area (Å²) >= 11 is 9.53. The van der Waals surface area contributed by atoms with Crippen molar-refractivity contribution in [1.82, 2.24) is 0 Å². The van der Waals surface area contributed by atoms with Gasteiger partial charge in [0, 0.05) is 5.02 Å². The van der Waals surface area contributed by atoms with Gasteiger partial charge in [-0.1, -0.05) is 23.7 Å². The molecule has 0 bridgehead atoms. The first-order valence-corrected chi connectivity index (χ1v) is 4.17. The summed E-state index contributed by atoms with van der Waals surface area (Å²) in [6.45, 7) is 0. The lowest BCUT2D eigenvalue weighted by atomic mass is 10.1. The van der Waals surface area contributed by atoms with Crippen LogP contribution in [0.25, 0.3) is 0 Å². The van der Waals surface area contributed by atoms with E-state index in [0.717, 1.165) is 0 Å². The Hall–Kier alpha value is -0.670. The zero-order valence-electron chi connectivity index (χ0n) is 6.07. The Balaban J connectivity index is 2.89. The molecule has 1 aromatic rings. The number of hydrogen-bond acceptors (Lipinski definition) is 2. The van der Waals surface area contributed by atoms with E-state index in [1.807, 2.05) is 0 Å². The number of benzene rings is 1. The Morgan fingerprint density at radius 3 is 2.33 bits per heavy atom. The van der Waals surface area contributed by atoms with E-state index in [2.05, 4.69) is 12.6 Å². The van der Waals surface area contributed by atoms with Crippen molar-refractivity contribution in [2.45, 2.75) is 5.25 Å². The number of rotatable bonds is 2. The van der Waals surface area contributed by atoms with Crippen molar-refractivity contribution in [3.05, 3.63) is 34.9 Å². The lowest BCUT2D eigenvalue weighted by Crippen LogP contribution is -2.04. The molecule has 0 radical (unpaired) electrons. The standard InChI is InChI=1S/C8H7ClO2S/c9-6-3-1-5(2-4-6)7(12)8(10)11/h1-4,7,12H,(H,10,11)/t7-/m1/s1. The molecule has 0 unspecified atom stereocenters. The van der Waals surface area contributed by atoms with Crippen LogP contribution in [0, 0.1) is 0 Å². The summed E-state index contributed by atoms with van der Waals surface area (Å²) in [5.41, 5.74) is 0.634. The summed E-state index contributed by atoms with van der Waals surface area (Å²) in [6.07, 6.45) is 0. The van der Waals surface area contributed by atoms with Gasteiger partial charge in [-0.05, 0) is 17.7 Å². The Morgan fingerprint density at radius 1 is 1.42 bits per heavy atom. The van der Waals surface area contributed by atoms with Crippen LogP contribution in [-0.2, 0) is 4.79 Å². The Labute approximate surface area is 80.6 Å². The molecule has 1 N–H and O–H groups in total. The molecular weight excluding hydrogens is 196 g/mol. The second-order valence-corrected chi connectivity index (χ2v) is 3.25. The van der Waals surface area contributed by atoms with E-state index in [1.54, 1.807) is 24.3 Å². The van der Waals surface area contributed by atoms with Crippen LogP contribution in [0.5, 0.6) is 0 Å². The number of carbonyl (C=O) groups is 1. The van der Waals surface area contributed by atoms with E-state index < -0.39 is 11.2 Å². The van der Waals surface area contributed by atoms with E-state index in [4.69, 9.17) is 16.7 Å². The van der Waals surface area contributed by atoms with Crippen LogP contribution in [0.2, 0.25) is 5.02 Å². The smallest absolute Gasteiger partial charge is 0.320 e. The second kappa shape index (κ2) is 3.83. The molecule has 0 aromatic heterocycles. The first-order valence-electron chi connectivity index (χ1n) is 3.27. The van der Waals surface area contributed by atoms with E-state index in [0.29, 0.717) is 10.6 Å². The Bertz CT molecular complexity index is 284. The van der Waals surface area contributed by atoms with Crippen LogP contribution < -0.4 is 0 Å². The molecule has 0 saturated heterocycles. The summed E-state index contributed by atoms with van der Waals surface area (Å²) in [4.78, 5) is 10.5. The molecule has 1 aromatic carbocycles. The van der Waals surface area contributed by atoms with Gasteiger partial charge < -0.3 is 5.11 Å². The fourth-order valence-corrected chi connectivity index (χ4v) is 1.09. The first-order chi connectivity index (χ1) is 5.61. The fourth-order valence-electron chi connectivity index (χ4n) is 0.788. The number of aliphatic carboxylic acids is 1. The SMILES string of the molecule is O=C(O)[C@H](S)c1ccc(Cl)cc1. The van der Waals surface area contributed by atoms with Crippen LogP contribution in [0.3, 0.4) is 0 Å². The molecule has 0 fully saturated rings. The van der Waals surface area contributed by atoms with Gasteiger partial charge in [-0.15, -0.1) is 0 Å². The van der Waals surface area contributed by atoms with Gasteiger partial charge in [0.25, 0.3) is 0 Å². The van der Waals surface area contributed by atoms with Crippen LogP contribution in [0.15, 0.2) is 24.3 Å². The highest BCUT2D eigenvalue weighted by molar-refractivity contribution is 7.81. The predicted molar refractivity (Wildman–Crippen MR) is 50.8 cm³/mol. The van der Waals surface area contributed by atoms with Crippen molar-refractivity contribution in [2.75, 3.05) is 0 Å². The minimum Gasteiger partial charge on any atom is -0.480 e. The molecule has 0 heterocycles. The first kappa shape index (κ1) is 9.42. The second-order valence-electron chi connectivity index (χ2n) is 2.29. The van der Waals surface area contributed by atoms with E-state index in [1.165, 1.54) is 0 Å². The molecule has 0 spiro atoms. The van der Waals surface area contributed by atoms with Gasteiger partial charge in [-0.2, -0.15) is 12.6 Å². The third kappa shape index (κ3) is 2.16. The maximum Gasteiger partial charge on any atom is 0.320 e. The largest absolute Gasteiger partial charge is 0.480 e. The molecule has 0 aliphatic carbocycles. The molecule has 0 saturated carbocycles. The third-order valence-corrected chi connectivity index (χ3v) is 2.19. The van der Waals surface area contributed by atoms with Gasteiger partial charge in [-0.3, -0.25) is 4.79 Å². The molecule has 0 aliphatic rings. The monoisotopic (exact) mass is 202 g/mol. The molecule has 1 rings (SSSR count). The summed E-state index contributed by atoms with van der Waals surface area (Å²) in [5, 5.41) is 8.41. The lowest BCUT2D eigenvalue weighted by Gasteiger charge is -2.04. The summed E-state index contributed by atoms with van der Waals surface area (Å²) < 4.78 is 0. The summed E-state index contributed by atoms with van der Waals surface area (Å²) in [7, 11) is 0. The fraction of sp³-hybridized carbons (Fsp3) is 0.125. The van der Waals surface area contributed by atoms with Crippen molar-refractivity contribution in [1.29, 1.82) is 0 Å². The molecule has 0 aliphatic heterocycles. The van der Waals surface area contributed by atoms with Crippen LogP contribution in [-0.4, -0.2) is 11.1 Å². The summed E-state index contributed by atoms with van der Waals surface area (Å²) in [5.74, 6) is -0.958. The zero-order valence-corrected chi connectivity index (χ0v) is 7.72. The molecule has 4 heteroatoms. The minimum atomic E-state index is -0.958. The van der Waals surface area contributed by atoms with Crippen molar-refractivity contribution in [2.24, 2.45) is 0 Å². The van der Waals surface area contributed by atoms with Crippen molar-refractivity contribution in [3.63, 3.8) is 0 Å². The maximum absolute atomic E-state index is 10.5. The maximum atomic E-state index is 10.5. The van der Waals surface area contributed by atoms with Crippen molar-refractivity contribution < 1.29 is 9.90 Å². The highest BCUT2D eigenvalue weighted by Gasteiger charge is 2.13. The Kier molecular flexibility index (Phi) is 3.00. The molecular formula is C8H7ClO2S. The van der Waals surface area contributed by atoms with Gasteiger partial charge in [-0.25, -0.2) is 0 Å². The number of carboxylic acid groups (broad SMARTS) is 1. The summed E-state index contributed by atoms with van der Waals surface area (Å²) in [6, 6.07) is 6.58. The highest BCUT2D eigenvalue weighted by atomic mass is 35.5. The quantitative estimate of drug-likeness (QED) is 0.723. The van der Waals surface area contributed by atoms with Gasteiger partial charge >= 0.3 is 5.97 Å². The number of carboxylic acids is 1. The molecule has 0 amide bonds. The number of thiol groups is 1. The van der Waals surface area contributed by atoms with Crippen molar-refractivity contribution in [3.8, 4) is 0 Å². The average molecular weight is 203 g/mol. The highest BCUT2D eigenvalue weighted by Crippen LogP contribution is 2.21. The molecule has 1 atom stereocenters. The molecule has 64 valence electrons. The minimum absolute atomic E-state index is 0.588. The van der Waals surface area contributed by atoms with Crippen LogP contribution in [0.4, 0.5) is 0 Å². The topological polar surface area (TPSA) is 37.3 Å². The van der Waals surface area contributed by atoms with Gasteiger partial charge in [0.1, 0.15) is 5.25 Å². The predicted octanol–water partition coefficient (Wildman–Crippen LogP) is 2.40. The van der Waals surface area contributed by atoms with E-state index >= 15 is 0 Å². The molecule has 12 heavy (non-hydrogen) atoms. The zero-order chi connectivity index (χ0) is 9.14.